The van der Waals surface area contributed by atoms with Crippen LogP contribution < -0.4 is 20.7 Å². The van der Waals surface area contributed by atoms with Gasteiger partial charge in [0.15, 0.2) is 0 Å². The van der Waals surface area contributed by atoms with Gasteiger partial charge in [-0.25, -0.2) is 0 Å². The SMILES string of the molecule is COc1ccc(CN[C@@H]2CN[C@H](C(=O)NC(c3ccccc3Cl)C(C)(C)C)C2)cc1. The Morgan fingerprint density at radius 2 is 1.90 bits per heavy atom. The lowest BCUT2D eigenvalue weighted by Gasteiger charge is -2.33. The molecule has 0 radical (unpaired) electrons. The lowest BCUT2D eigenvalue weighted by Crippen LogP contribution is -2.45. The molecule has 0 saturated carbocycles. The summed E-state index contributed by atoms with van der Waals surface area (Å²) in [6.45, 7) is 7.86. The smallest absolute Gasteiger partial charge is 0.237 e. The Morgan fingerprint density at radius 1 is 1.20 bits per heavy atom. The van der Waals surface area contributed by atoms with E-state index in [0.29, 0.717) is 5.02 Å². The van der Waals surface area contributed by atoms with E-state index >= 15 is 0 Å². The third-order valence-corrected chi connectivity index (χ3v) is 5.91. The molecular weight excluding hydrogens is 398 g/mol. The Balaban J connectivity index is 1.57. The summed E-state index contributed by atoms with van der Waals surface area (Å²) >= 11 is 6.43. The summed E-state index contributed by atoms with van der Waals surface area (Å²) in [5, 5.41) is 10.8. The van der Waals surface area contributed by atoms with Crippen LogP contribution in [0, 0.1) is 5.41 Å². The molecule has 1 amide bonds. The van der Waals surface area contributed by atoms with E-state index < -0.39 is 0 Å². The minimum absolute atomic E-state index is 0.0172. The molecule has 0 aliphatic carbocycles. The zero-order valence-electron chi connectivity index (χ0n) is 18.2. The molecule has 2 aromatic rings. The Bertz CT molecular complexity index is 848. The first-order valence-corrected chi connectivity index (χ1v) is 10.8. The third kappa shape index (κ3) is 5.75. The number of carbonyl (C=O) groups excluding carboxylic acids is 1. The van der Waals surface area contributed by atoms with Crippen molar-refractivity contribution in [3.8, 4) is 5.75 Å². The van der Waals surface area contributed by atoms with Crippen molar-refractivity contribution in [3.63, 3.8) is 0 Å². The summed E-state index contributed by atoms with van der Waals surface area (Å²) in [6.07, 6.45) is 0.751. The fraction of sp³-hybridized carbons (Fsp3) is 0.458. The molecule has 2 aromatic carbocycles. The fourth-order valence-electron chi connectivity index (χ4n) is 3.81. The van der Waals surface area contributed by atoms with Crippen LogP contribution in [0.4, 0.5) is 0 Å². The topological polar surface area (TPSA) is 62.4 Å². The highest BCUT2D eigenvalue weighted by molar-refractivity contribution is 6.31. The van der Waals surface area contributed by atoms with Crippen molar-refractivity contribution in [1.82, 2.24) is 16.0 Å². The number of nitrogens with one attached hydrogen (secondary N) is 3. The number of amides is 1. The Labute approximate surface area is 184 Å². The number of methoxy groups -OCH3 is 1. The lowest BCUT2D eigenvalue weighted by molar-refractivity contribution is -0.124. The number of hydrogen-bond acceptors (Lipinski definition) is 4. The van der Waals surface area contributed by atoms with Crippen molar-refractivity contribution in [2.45, 2.75) is 51.9 Å². The van der Waals surface area contributed by atoms with Gasteiger partial charge in [-0.1, -0.05) is 62.7 Å². The van der Waals surface area contributed by atoms with Crippen molar-refractivity contribution in [1.29, 1.82) is 0 Å². The van der Waals surface area contributed by atoms with E-state index in [1.807, 2.05) is 36.4 Å². The average Bonchev–Trinajstić information content (AvgIpc) is 3.20. The van der Waals surface area contributed by atoms with E-state index in [-0.39, 0.29) is 29.4 Å². The quantitative estimate of drug-likeness (QED) is 0.620. The third-order valence-electron chi connectivity index (χ3n) is 5.57. The van der Waals surface area contributed by atoms with E-state index in [0.717, 1.165) is 30.8 Å². The maximum atomic E-state index is 13.0. The van der Waals surface area contributed by atoms with E-state index in [1.54, 1.807) is 7.11 Å². The number of rotatable bonds is 7. The van der Waals surface area contributed by atoms with Crippen LogP contribution in [-0.2, 0) is 11.3 Å². The molecule has 3 atom stereocenters. The molecule has 3 rings (SSSR count). The molecule has 162 valence electrons. The minimum Gasteiger partial charge on any atom is -0.497 e. The minimum atomic E-state index is -0.217. The van der Waals surface area contributed by atoms with Crippen LogP contribution in [0.2, 0.25) is 5.02 Å². The molecule has 6 heteroatoms. The summed E-state index contributed by atoms with van der Waals surface area (Å²) in [4.78, 5) is 13.0. The molecule has 3 N–H and O–H groups in total. The zero-order valence-corrected chi connectivity index (χ0v) is 18.9. The van der Waals surface area contributed by atoms with E-state index in [4.69, 9.17) is 16.3 Å². The van der Waals surface area contributed by atoms with Crippen LogP contribution >= 0.6 is 11.6 Å². The first-order chi connectivity index (χ1) is 14.3. The van der Waals surface area contributed by atoms with Gasteiger partial charge in [0.05, 0.1) is 19.2 Å². The van der Waals surface area contributed by atoms with Gasteiger partial charge in [0.25, 0.3) is 0 Å². The molecule has 1 aliphatic heterocycles. The lowest BCUT2D eigenvalue weighted by atomic mass is 9.82. The van der Waals surface area contributed by atoms with Crippen molar-refractivity contribution in [2.24, 2.45) is 5.41 Å². The molecule has 1 fully saturated rings. The highest BCUT2D eigenvalue weighted by atomic mass is 35.5. The second-order valence-corrected chi connectivity index (χ2v) is 9.36. The number of benzene rings is 2. The Morgan fingerprint density at radius 3 is 2.53 bits per heavy atom. The molecule has 0 bridgehead atoms. The Kier molecular flexibility index (Phi) is 7.40. The van der Waals surface area contributed by atoms with Crippen molar-refractivity contribution < 1.29 is 9.53 Å². The first-order valence-electron chi connectivity index (χ1n) is 10.4. The molecule has 1 unspecified atom stereocenters. The second-order valence-electron chi connectivity index (χ2n) is 8.95. The predicted octanol–water partition coefficient (Wildman–Crippen LogP) is 4.07. The summed E-state index contributed by atoms with van der Waals surface area (Å²) in [7, 11) is 1.67. The van der Waals surface area contributed by atoms with Crippen molar-refractivity contribution >= 4 is 17.5 Å². The van der Waals surface area contributed by atoms with Crippen LogP contribution in [0.25, 0.3) is 0 Å². The van der Waals surface area contributed by atoms with Crippen LogP contribution in [0.1, 0.15) is 44.4 Å². The summed E-state index contributed by atoms with van der Waals surface area (Å²) < 4.78 is 5.20. The van der Waals surface area contributed by atoms with Crippen LogP contribution in [0.5, 0.6) is 5.75 Å². The molecule has 1 saturated heterocycles. The van der Waals surface area contributed by atoms with E-state index in [1.165, 1.54) is 5.56 Å². The summed E-state index contributed by atoms with van der Waals surface area (Å²) in [5.74, 6) is 0.869. The summed E-state index contributed by atoms with van der Waals surface area (Å²) in [5.41, 5.74) is 1.98. The van der Waals surface area contributed by atoms with Crippen LogP contribution in [0.15, 0.2) is 48.5 Å². The van der Waals surface area contributed by atoms with Gasteiger partial charge in [-0.15, -0.1) is 0 Å². The maximum absolute atomic E-state index is 13.0. The molecule has 0 spiro atoms. The van der Waals surface area contributed by atoms with Gasteiger partial charge < -0.3 is 20.7 Å². The zero-order chi connectivity index (χ0) is 21.7. The molecule has 0 aromatic heterocycles. The van der Waals surface area contributed by atoms with Gasteiger partial charge in [0.2, 0.25) is 5.91 Å². The molecule has 1 heterocycles. The molecule has 5 nitrogen and oxygen atoms in total. The normalized spacial score (nSPS) is 20.0. The van der Waals surface area contributed by atoms with E-state index in [2.05, 4.69) is 48.9 Å². The fourth-order valence-corrected chi connectivity index (χ4v) is 4.05. The first kappa shape index (κ1) is 22.6. The average molecular weight is 430 g/mol. The van der Waals surface area contributed by atoms with Gasteiger partial charge in [-0.2, -0.15) is 0 Å². The Hall–Kier alpha value is -2.08. The van der Waals surface area contributed by atoms with Gasteiger partial charge in [-0.05, 0) is 41.2 Å². The number of carbonyl (C=O) groups is 1. The number of halogens is 1. The number of ether oxygens (including phenoxy) is 1. The standard InChI is InChI=1S/C24H32ClN3O2/c1-24(2,3)22(19-7-5-6-8-20(19)25)28-23(29)21-13-17(15-27-21)26-14-16-9-11-18(30-4)12-10-16/h5-12,17,21-22,26-27H,13-15H2,1-4H3,(H,28,29)/t17-,21-,22?/m0/s1. The molecule has 30 heavy (non-hydrogen) atoms. The number of hydrogen-bond donors (Lipinski definition) is 3. The van der Waals surface area contributed by atoms with Gasteiger partial charge in [0, 0.05) is 24.2 Å². The van der Waals surface area contributed by atoms with Crippen molar-refractivity contribution in [3.05, 3.63) is 64.7 Å². The molecular formula is C24H32ClN3O2. The van der Waals surface area contributed by atoms with E-state index in [9.17, 15) is 4.79 Å². The van der Waals surface area contributed by atoms with Gasteiger partial charge >= 0.3 is 0 Å². The van der Waals surface area contributed by atoms with Gasteiger partial charge in [0.1, 0.15) is 5.75 Å². The maximum Gasteiger partial charge on any atom is 0.237 e. The van der Waals surface area contributed by atoms with Gasteiger partial charge in [-0.3, -0.25) is 4.79 Å². The second kappa shape index (κ2) is 9.82. The van der Waals surface area contributed by atoms with Crippen molar-refractivity contribution in [2.75, 3.05) is 13.7 Å². The largest absolute Gasteiger partial charge is 0.497 e. The van der Waals surface area contributed by atoms with Crippen LogP contribution in [-0.4, -0.2) is 31.6 Å². The monoisotopic (exact) mass is 429 g/mol. The predicted molar refractivity (Wildman–Crippen MR) is 122 cm³/mol. The highest BCUT2D eigenvalue weighted by Crippen LogP contribution is 2.36. The van der Waals surface area contributed by atoms with Crippen LogP contribution in [0.3, 0.4) is 0 Å². The highest BCUT2D eigenvalue weighted by Gasteiger charge is 2.34. The molecule has 1 aliphatic rings. The summed E-state index contributed by atoms with van der Waals surface area (Å²) in [6, 6.07) is 15.6.